The van der Waals surface area contributed by atoms with Crippen molar-refractivity contribution in [2.75, 3.05) is 6.54 Å². The van der Waals surface area contributed by atoms with E-state index in [-0.39, 0.29) is 11.3 Å². The summed E-state index contributed by atoms with van der Waals surface area (Å²) >= 11 is 0. The number of fused-ring (bicyclic) bond motifs is 1. The summed E-state index contributed by atoms with van der Waals surface area (Å²) in [5, 5.41) is 4.43. The van der Waals surface area contributed by atoms with Gasteiger partial charge in [-0.2, -0.15) is 0 Å². The molecule has 0 atom stereocenters. The molecule has 2 aromatic rings. The van der Waals surface area contributed by atoms with Gasteiger partial charge in [0.2, 0.25) is 5.91 Å². The predicted octanol–water partition coefficient (Wildman–Crippen LogP) is 3.13. The number of nitrogens with zero attached hydrogens (tertiary/aromatic N) is 1. The van der Waals surface area contributed by atoms with E-state index in [2.05, 4.69) is 47.4 Å². The summed E-state index contributed by atoms with van der Waals surface area (Å²) in [7, 11) is 2.10. The molecular weight excluding hydrogens is 248 g/mol. The molecule has 20 heavy (non-hydrogen) atoms. The molecule has 1 fully saturated rings. The van der Waals surface area contributed by atoms with E-state index in [4.69, 9.17) is 0 Å². The maximum Gasteiger partial charge on any atom is 0.219 e. The molecule has 1 aliphatic carbocycles. The van der Waals surface area contributed by atoms with Crippen molar-refractivity contribution >= 4 is 16.8 Å². The average molecular weight is 270 g/mol. The molecule has 1 aliphatic rings. The van der Waals surface area contributed by atoms with E-state index in [0.29, 0.717) is 6.42 Å². The molecule has 1 heterocycles. The second-order valence-corrected chi connectivity index (χ2v) is 5.93. The second-order valence-electron chi connectivity index (χ2n) is 5.93. The largest absolute Gasteiger partial charge is 0.355 e. The highest BCUT2D eigenvalue weighted by molar-refractivity contribution is 5.85. The highest BCUT2D eigenvalue weighted by atomic mass is 16.1. The first-order valence-corrected chi connectivity index (χ1v) is 7.47. The van der Waals surface area contributed by atoms with Gasteiger partial charge in [0, 0.05) is 42.5 Å². The third kappa shape index (κ3) is 2.01. The number of benzene rings is 1. The van der Waals surface area contributed by atoms with Crippen LogP contribution in [-0.4, -0.2) is 17.0 Å². The van der Waals surface area contributed by atoms with Crippen molar-refractivity contribution in [2.24, 2.45) is 7.05 Å². The fraction of sp³-hybridized carbons (Fsp3) is 0.471. The Morgan fingerprint density at radius 1 is 1.35 bits per heavy atom. The van der Waals surface area contributed by atoms with E-state index in [9.17, 15) is 4.79 Å². The van der Waals surface area contributed by atoms with Crippen molar-refractivity contribution < 1.29 is 4.79 Å². The number of carbonyl (C=O) groups is 1. The summed E-state index contributed by atoms with van der Waals surface area (Å²) in [6.07, 6.45) is 6.41. The number of para-hydroxylation sites is 1. The molecule has 0 aliphatic heterocycles. The van der Waals surface area contributed by atoms with Gasteiger partial charge in [-0.05, 0) is 24.5 Å². The number of rotatable bonds is 4. The van der Waals surface area contributed by atoms with Crippen molar-refractivity contribution in [3.05, 3.63) is 36.0 Å². The van der Waals surface area contributed by atoms with Crippen molar-refractivity contribution in [2.45, 2.75) is 38.0 Å². The van der Waals surface area contributed by atoms with Crippen molar-refractivity contribution in [3.63, 3.8) is 0 Å². The van der Waals surface area contributed by atoms with E-state index in [1.165, 1.54) is 35.7 Å². The molecule has 3 nitrogen and oxygen atoms in total. The molecule has 106 valence electrons. The zero-order valence-electron chi connectivity index (χ0n) is 12.3. The van der Waals surface area contributed by atoms with Crippen LogP contribution in [0.1, 0.15) is 38.2 Å². The number of hydrogen-bond acceptors (Lipinski definition) is 1. The van der Waals surface area contributed by atoms with Crippen LogP contribution in [0.2, 0.25) is 0 Å². The van der Waals surface area contributed by atoms with E-state index in [1.807, 2.05) is 6.92 Å². The number of aromatic nitrogens is 1. The van der Waals surface area contributed by atoms with Crippen LogP contribution < -0.4 is 5.32 Å². The zero-order chi connectivity index (χ0) is 14.2. The first-order valence-electron chi connectivity index (χ1n) is 7.47. The molecule has 3 heteroatoms. The van der Waals surface area contributed by atoms with E-state index in [1.54, 1.807) is 0 Å². The Labute approximate surface area is 120 Å². The van der Waals surface area contributed by atoms with Gasteiger partial charge in [-0.15, -0.1) is 0 Å². The minimum atomic E-state index is 0.145. The Hall–Kier alpha value is -1.77. The molecule has 0 radical (unpaired) electrons. The Morgan fingerprint density at radius 3 is 2.75 bits per heavy atom. The van der Waals surface area contributed by atoms with Crippen molar-refractivity contribution in [1.29, 1.82) is 0 Å². The zero-order valence-corrected chi connectivity index (χ0v) is 12.3. The van der Waals surface area contributed by atoms with Crippen molar-refractivity contribution in [1.82, 2.24) is 9.88 Å². The number of amides is 1. The van der Waals surface area contributed by atoms with Crippen molar-refractivity contribution in [3.8, 4) is 0 Å². The third-order valence-corrected chi connectivity index (χ3v) is 4.72. The maximum atomic E-state index is 11.6. The van der Waals surface area contributed by atoms with E-state index >= 15 is 0 Å². The van der Waals surface area contributed by atoms with Crippen LogP contribution in [0.4, 0.5) is 0 Å². The van der Waals surface area contributed by atoms with E-state index < -0.39 is 0 Å². The Balaban J connectivity index is 1.97. The van der Waals surface area contributed by atoms with Gasteiger partial charge in [0.1, 0.15) is 0 Å². The van der Waals surface area contributed by atoms with Gasteiger partial charge in [-0.3, -0.25) is 4.79 Å². The second kappa shape index (κ2) is 4.97. The highest BCUT2D eigenvalue weighted by Gasteiger charge is 2.40. The topological polar surface area (TPSA) is 34.0 Å². The Bertz CT molecular complexity index is 637. The molecule has 0 unspecified atom stereocenters. The lowest BCUT2D eigenvalue weighted by atomic mass is 9.64. The smallest absolute Gasteiger partial charge is 0.219 e. The summed E-state index contributed by atoms with van der Waals surface area (Å²) in [5.41, 5.74) is 2.82. The summed E-state index contributed by atoms with van der Waals surface area (Å²) < 4.78 is 2.20. The van der Waals surface area contributed by atoms with Crippen LogP contribution in [0, 0.1) is 0 Å². The van der Waals surface area contributed by atoms with E-state index in [0.717, 1.165) is 6.54 Å². The van der Waals surface area contributed by atoms with Crippen LogP contribution in [0.25, 0.3) is 10.9 Å². The average Bonchev–Trinajstić information content (AvgIpc) is 2.76. The number of carbonyl (C=O) groups excluding carboxylic acids is 1. The summed E-state index contributed by atoms with van der Waals surface area (Å²) in [4.78, 5) is 11.6. The Morgan fingerprint density at radius 2 is 2.10 bits per heavy atom. The van der Waals surface area contributed by atoms with Gasteiger partial charge in [0.25, 0.3) is 0 Å². The fourth-order valence-electron chi connectivity index (χ4n) is 3.30. The summed E-state index contributed by atoms with van der Waals surface area (Å²) in [6.45, 7) is 2.67. The molecule has 0 spiro atoms. The standard InChI is InChI=1S/C17H22N2O/c1-3-16(20)18-12-17(9-6-10-17)14-11-19(2)15-8-5-4-7-13(14)15/h4-5,7-8,11H,3,6,9-10,12H2,1-2H3,(H,18,20). The lowest BCUT2D eigenvalue weighted by Gasteiger charge is -2.42. The SMILES string of the molecule is CCC(=O)NCC1(c2cn(C)c3ccccc23)CCC1. The molecule has 1 N–H and O–H groups in total. The lowest BCUT2D eigenvalue weighted by Crippen LogP contribution is -2.45. The number of nitrogens with one attached hydrogen (secondary N) is 1. The van der Waals surface area contributed by atoms with Gasteiger partial charge in [-0.1, -0.05) is 31.5 Å². The van der Waals surface area contributed by atoms with Gasteiger partial charge in [0.05, 0.1) is 0 Å². The maximum absolute atomic E-state index is 11.6. The third-order valence-electron chi connectivity index (χ3n) is 4.72. The monoisotopic (exact) mass is 270 g/mol. The molecule has 1 aromatic heterocycles. The first kappa shape index (κ1) is 13.2. The van der Waals surface area contributed by atoms with Crippen LogP contribution in [0.15, 0.2) is 30.5 Å². The first-order chi connectivity index (χ1) is 9.66. The molecule has 1 saturated carbocycles. The lowest BCUT2D eigenvalue weighted by molar-refractivity contribution is -0.121. The van der Waals surface area contributed by atoms with Crippen LogP contribution in [0.3, 0.4) is 0 Å². The van der Waals surface area contributed by atoms with Crippen LogP contribution in [-0.2, 0) is 17.3 Å². The van der Waals surface area contributed by atoms with Gasteiger partial charge < -0.3 is 9.88 Å². The quantitative estimate of drug-likeness (QED) is 0.910. The van der Waals surface area contributed by atoms with Crippen LogP contribution in [0.5, 0.6) is 0 Å². The minimum absolute atomic E-state index is 0.145. The van der Waals surface area contributed by atoms with Gasteiger partial charge in [0.15, 0.2) is 0 Å². The molecule has 0 saturated heterocycles. The summed E-state index contributed by atoms with van der Waals surface area (Å²) in [5.74, 6) is 0.150. The number of aryl methyl sites for hydroxylation is 1. The number of hydrogen-bond donors (Lipinski definition) is 1. The molecule has 0 bridgehead atoms. The van der Waals surface area contributed by atoms with Gasteiger partial charge >= 0.3 is 0 Å². The minimum Gasteiger partial charge on any atom is -0.355 e. The molecular formula is C17H22N2O. The fourth-order valence-corrected chi connectivity index (χ4v) is 3.30. The predicted molar refractivity (Wildman–Crippen MR) is 81.7 cm³/mol. The normalized spacial score (nSPS) is 16.9. The highest BCUT2D eigenvalue weighted by Crippen LogP contribution is 2.46. The Kier molecular flexibility index (Phi) is 3.28. The molecule has 1 aromatic carbocycles. The van der Waals surface area contributed by atoms with Gasteiger partial charge in [-0.25, -0.2) is 0 Å². The molecule has 1 amide bonds. The summed E-state index contributed by atoms with van der Waals surface area (Å²) in [6, 6.07) is 8.55. The molecule has 3 rings (SSSR count). The van der Waals surface area contributed by atoms with Crippen LogP contribution >= 0.6 is 0 Å².